The third kappa shape index (κ3) is 3.55. The van der Waals surface area contributed by atoms with Crippen LogP contribution in [0.5, 0.6) is 0 Å². The Kier molecular flexibility index (Phi) is 4.94. The summed E-state index contributed by atoms with van der Waals surface area (Å²) in [6.45, 7) is 13.0. The van der Waals surface area contributed by atoms with Crippen molar-refractivity contribution >= 4 is 14.2 Å². The molecule has 2 rings (SSSR count). The van der Waals surface area contributed by atoms with Gasteiger partial charge in [-0.05, 0) is 30.6 Å². The third-order valence-electron chi connectivity index (χ3n) is 5.39. The Morgan fingerprint density at radius 3 is 2.42 bits per heavy atom. The molecule has 0 bridgehead atoms. The molecule has 1 aliphatic rings. The van der Waals surface area contributed by atoms with Crippen molar-refractivity contribution in [2.75, 3.05) is 0 Å². The summed E-state index contributed by atoms with van der Waals surface area (Å²) in [6, 6.07) is 12.1. The van der Waals surface area contributed by atoms with Crippen LogP contribution in [0.3, 0.4) is 0 Å². The molecule has 0 radical (unpaired) electrons. The van der Waals surface area contributed by atoms with Gasteiger partial charge in [-0.15, -0.1) is 0 Å². The van der Waals surface area contributed by atoms with Crippen LogP contribution in [0.1, 0.15) is 39.7 Å². The zero-order valence-corrected chi connectivity index (χ0v) is 16.6. The van der Waals surface area contributed by atoms with E-state index in [0.29, 0.717) is 13.0 Å². The SMILES string of the molecule is CC(C)(C)[Si](C)(C)O[C@H]1C[C@@](C)(C#N)N(Cc2ccccc2)C1=O. The van der Waals surface area contributed by atoms with E-state index in [1.807, 2.05) is 37.3 Å². The predicted octanol–water partition coefficient (Wildman–Crippen LogP) is 4.09. The van der Waals surface area contributed by atoms with Gasteiger partial charge in [-0.2, -0.15) is 5.26 Å². The van der Waals surface area contributed by atoms with Crippen LogP contribution in [0.15, 0.2) is 30.3 Å². The van der Waals surface area contributed by atoms with E-state index in [-0.39, 0.29) is 10.9 Å². The zero-order valence-electron chi connectivity index (χ0n) is 15.6. The standard InChI is InChI=1S/C19H28N2O2Si/c1-18(2,3)24(5,6)23-16-12-19(4,14-20)21(17(16)22)13-15-10-8-7-9-11-15/h7-11,16H,12-13H2,1-6H3/t16-,19-/m0/s1. The van der Waals surface area contributed by atoms with Gasteiger partial charge in [0.05, 0.1) is 6.07 Å². The first-order valence-corrected chi connectivity index (χ1v) is 11.4. The number of benzene rings is 1. The lowest BCUT2D eigenvalue weighted by atomic mass is 10.00. The van der Waals surface area contributed by atoms with Crippen LogP contribution in [0.2, 0.25) is 18.1 Å². The van der Waals surface area contributed by atoms with Crippen molar-refractivity contribution in [1.29, 1.82) is 5.26 Å². The Morgan fingerprint density at radius 2 is 1.92 bits per heavy atom. The van der Waals surface area contributed by atoms with Crippen molar-refractivity contribution in [3.05, 3.63) is 35.9 Å². The van der Waals surface area contributed by atoms with Crippen LogP contribution in [-0.2, 0) is 15.8 Å². The smallest absolute Gasteiger partial charge is 0.252 e. The van der Waals surface area contributed by atoms with Crippen LogP contribution < -0.4 is 0 Å². The molecule has 1 heterocycles. The van der Waals surface area contributed by atoms with Crippen molar-refractivity contribution in [3.8, 4) is 6.07 Å². The highest BCUT2D eigenvalue weighted by Crippen LogP contribution is 2.41. The Balaban J connectivity index is 2.24. The minimum Gasteiger partial charge on any atom is -0.405 e. The zero-order chi connectivity index (χ0) is 18.2. The molecule has 2 atom stereocenters. The Bertz CT molecular complexity index is 646. The molecule has 1 aliphatic heterocycles. The molecule has 0 aliphatic carbocycles. The number of rotatable bonds is 4. The number of nitrogens with zero attached hydrogens (tertiary/aromatic N) is 2. The summed E-state index contributed by atoms with van der Waals surface area (Å²) in [5.74, 6) is -0.0623. The highest BCUT2D eigenvalue weighted by molar-refractivity contribution is 6.74. The summed E-state index contributed by atoms with van der Waals surface area (Å²) in [5.41, 5.74) is 0.209. The lowest BCUT2D eigenvalue weighted by molar-refractivity contribution is -0.136. The van der Waals surface area contributed by atoms with Crippen LogP contribution in [0, 0.1) is 11.3 Å². The Hall–Kier alpha value is -1.64. The molecule has 130 valence electrons. The predicted molar refractivity (Wildman–Crippen MR) is 97.7 cm³/mol. The third-order valence-corrected chi connectivity index (χ3v) is 9.87. The van der Waals surface area contributed by atoms with Crippen molar-refractivity contribution in [2.24, 2.45) is 0 Å². The van der Waals surface area contributed by atoms with Crippen molar-refractivity contribution in [1.82, 2.24) is 4.90 Å². The van der Waals surface area contributed by atoms with Crippen LogP contribution in [-0.4, -0.2) is 30.8 Å². The fourth-order valence-electron chi connectivity index (χ4n) is 2.72. The summed E-state index contributed by atoms with van der Waals surface area (Å²) >= 11 is 0. The average Bonchev–Trinajstić information content (AvgIpc) is 2.72. The van der Waals surface area contributed by atoms with Gasteiger partial charge >= 0.3 is 0 Å². The molecule has 1 amide bonds. The highest BCUT2D eigenvalue weighted by Gasteiger charge is 2.52. The van der Waals surface area contributed by atoms with Gasteiger partial charge in [-0.3, -0.25) is 4.79 Å². The van der Waals surface area contributed by atoms with Gasteiger partial charge < -0.3 is 9.33 Å². The number of amides is 1. The highest BCUT2D eigenvalue weighted by atomic mass is 28.4. The summed E-state index contributed by atoms with van der Waals surface area (Å²) in [7, 11) is -2.07. The molecule has 4 nitrogen and oxygen atoms in total. The van der Waals surface area contributed by atoms with Gasteiger partial charge in [-0.25, -0.2) is 0 Å². The molecule has 24 heavy (non-hydrogen) atoms. The molecule has 1 aromatic carbocycles. The summed E-state index contributed by atoms with van der Waals surface area (Å²) in [4.78, 5) is 14.6. The molecule has 0 spiro atoms. The first-order valence-electron chi connectivity index (χ1n) is 8.45. The molecule has 0 N–H and O–H groups in total. The minimum atomic E-state index is -2.07. The summed E-state index contributed by atoms with van der Waals surface area (Å²) in [6.07, 6.45) is -0.0824. The molecule has 1 fully saturated rings. The van der Waals surface area contributed by atoms with Crippen LogP contribution >= 0.6 is 0 Å². The van der Waals surface area contributed by atoms with Crippen molar-refractivity contribution in [3.63, 3.8) is 0 Å². The summed E-state index contributed by atoms with van der Waals surface area (Å²) in [5, 5.41) is 9.71. The van der Waals surface area contributed by atoms with E-state index in [2.05, 4.69) is 39.9 Å². The fraction of sp³-hybridized carbons (Fsp3) is 0.579. The molecule has 0 aromatic heterocycles. The van der Waals surface area contributed by atoms with Gasteiger partial charge in [0, 0.05) is 13.0 Å². The van der Waals surface area contributed by atoms with E-state index in [9.17, 15) is 10.1 Å². The van der Waals surface area contributed by atoms with Crippen LogP contribution in [0.4, 0.5) is 0 Å². The Labute approximate surface area is 146 Å². The number of likely N-dealkylation sites (tertiary alicyclic amines) is 1. The second-order valence-corrected chi connectivity index (χ2v) is 13.1. The van der Waals surface area contributed by atoms with Gasteiger partial charge in [0.1, 0.15) is 11.6 Å². The topological polar surface area (TPSA) is 53.3 Å². The molecular formula is C19H28N2O2Si. The van der Waals surface area contributed by atoms with E-state index in [1.165, 1.54) is 0 Å². The minimum absolute atomic E-state index is 0.0309. The van der Waals surface area contributed by atoms with E-state index >= 15 is 0 Å². The second kappa shape index (κ2) is 6.34. The summed E-state index contributed by atoms with van der Waals surface area (Å²) < 4.78 is 6.34. The molecule has 0 unspecified atom stereocenters. The Morgan fingerprint density at radius 1 is 1.33 bits per heavy atom. The maximum atomic E-state index is 13.0. The van der Waals surface area contributed by atoms with E-state index in [1.54, 1.807) is 4.90 Å². The molecule has 0 saturated carbocycles. The number of hydrogen-bond acceptors (Lipinski definition) is 3. The van der Waals surface area contributed by atoms with Gasteiger partial charge in [0.2, 0.25) is 0 Å². The number of hydrogen-bond donors (Lipinski definition) is 0. The lowest BCUT2D eigenvalue weighted by Gasteiger charge is -2.37. The molecule has 1 saturated heterocycles. The quantitative estimate of drug-likeness (QED) is 0.773. The van der Waals surface area contributed by atoms with Crippen LogP contribution in [0.25, 0.3) is 0 Å². The molecule has 5 heteroatoms. The van der Waals surface area contributed by atoms with Crippen molar-refractivity contribution < 1.29 is 9.22 Å². The molecular weight excluding hydrogens is 316 g/mol. The number of nitriles is 1. The van der Waals surface area contributed by atoms with Gasteiger partial charge in [0.15, 0.2) is 8.32 Å². The molecule has 1 aromatic rings. The number of carbonyl (C=O) groups is 1. The maximum Gasteiger partial charge on any atom is 0.252 e. The average molecular weight is 345 g/mol. The first kappa shape index (κ1) is 18.7. The van der Waals surface area contributed by atoms with E-state index in [0.717, 1.165) is 5.56 Å². The number of carbonyl (C=O) groups excluding carboxylic acids is 1. The first-order chi connectivity index (χ1) is 11.0. The van der Waals surface area contributed by atoms with Gasteiger partial charge in [-0.1, -0.05) is 51.1 Å². The van der Waals surface area contributed by atoms with E-state index in [4.69, 9.17) is 4.43 Å². The van der Waals surface area contributed by atoms with Crippen molar-refractivity contribution in [2.45, 2.75) is 70.4 Å². The van der Waals surface area contributed by atoms with E-state index < -0.39 is 20.0 Å². The monoisotopic (exact) mass is 344 g/mol. The largest absolute Gasteiger partial charge is 0.405 e. The normalized spacial score (nSPS) is 25.0. The fourth-order valence-corrected chi connectivity index (χ4v) is 3.97. The lowest BCUT2D eigenvalue weighted by Crippen LogP contribution is -2.46. The second-order valence-electron chi connectivity index (χ2n) is 8.37. The maximum absolute atomic E-state index is 13.0. The van der Waals surface area contributed by atoms with Gasteiger partial charge in [0.25, 0.3) is 5.91 Å².